The Hall–Kier alpha value is -2.42. The van der Waals surface area contributed by atoms with E-state index in [9.17, 15) is 9.59 Å². The molecule has 0 heterocycles. The van der Waals surface area contributed by atoms with Gasteiger partial charge in [-0.1, -0.05) is 295 Å². The van der Waals surface area contributed by atoms with Crippen molar-refractivity contribution in [2.45, 2.75) is 386 Å². The summed E-state index contributed by atoms with van der Waals surface area (Å²) in [7, 11) is 3.97. The number of ether oxygens (including phenoxy) is 4. The fraction of sp³-hybridized carbons (Fsp3) is 0.870. The number of unbranched alkanes of at least 4 members (excludes halogenated alkanes) is 41. The number of hydrogen-bond acceptors (Lipinski definition) is 7. The molecule has 0 rings (SSSR count). The molecular formula is C77H146N2O6. The van der Waals surface area contributed by atoms with Gasteiger partial charge in [0.1, 0.15) is 24.9 Å². The summed E-state index contributed by atoms with van der Waals surface area (Å²) in [5, 5.41) is 2.97. The molecule has 8 nitrogen and oxygen atoms in total. The van der Waals surface area contributed by atoms with Gasteiger partial charge in [0.15, 0.2) is 0 Å². The summed E-state index contributed by atoms with van der Waals surface area (Å²) in [6, 6.07) is -0.306. The number of nitrogens with one attached hydrogen (secondary N) is 1. The van der Waals surface area contributed by atoms with Crippen LogP contribution < -0.4 is 5.32 Å². The topological polar surface area (TPSA) is 86.3 Å². The summed E-state index contributed by atoms with van der Waals surface area (Å²) in [5.41, 5.74) is 0. The highest BCUT2D eigenvalue weighted by atomic mass is 16.6. The molecule has 2 unspecified atom stereocenters. The van der Waals surface area contributed by atoms with Crippen LogP contribution in [0, 0.1) is 0 Å². The van der Waals surface area contributed by atoms with Crippen molar-refractivity contribution in [1.82, 2.24) is 10.2 Å². The first-order chi connectivity index (χ1) is 41.9. The van der Waals surface area contributed by atoms with Crippen LogP contribution in [-0.4, -0.2) is 82.3 Å². The molecule has 85 heavy (non-hydrogen) atoms. The molecule has 1 N–H and O–H groups in total. The Morgan fingerprint density at radius 1 is 0.365 bits per heavy atom. The zero-order valence-electron chi connectivity index (χ0n) is 57.8. The van der Waals surface area contributed by atoms with Crippen molar-refractivity contribution in [2.75, 3.05) is 47.1 Å². The molecule has 0 bridgehead atoms. The predicted molar refractivity (Wildman–Crippen MR) is 371 cm³/mol. The third kappa shape index (κ3) is 64.4. The standard InChI is InChI=1S/C77H146N2O6/c1-7-11-15-19-23-27-31-35-37-39-41-43-47-51-55-59-65-73(66-60-56-52-48-44-42-40-38-36-32-28-24-20-16-12-8-2)85-76(80)75(79(5)6)67-61-62-68-78-77(81)84-72-74(83-70-64-58-54-50-46-34-30-26-22-18-14-10-4)71-82-69-63-57-53-49-45-33-29-25-21-17-13-9-3/h23-24,27-28,35-38,73-75H,7-22,25-26,29-34,39-72H2,1-6H3,(H,78,81)/b27-23+,28-24+,37-35+,38-36+. The van der Waals surface area contributed by atoms with Gasteiger partial charge in [-0.25, -0.2) is 4.79 Å². The van der Waals surface area contributed by atoms with Crippen LogP contribution in [0.4, 0.5) is 4.79 Å². The largest absolute Gasteiger partial charge is 0.461 e. The van der Waals surface area contributed by atoms with E-state index in [-0.39, 0.29) is 30.8 Å². The number of rotatable bonds is 69. The van der Waals surface area contributed by atoms with Gasteiger partial charge in [-0.3, -0.25) is 9.69 Å². The normalized spacial score (nSPS) is 12.8. The summed E-state index contributed by atoms with van der Waals surface area (Å²) >= 11 is 0. The maximum Gasteiger partial charge on any atom is 0.407 e. The van der Waals surface area contributed by atoms with E-state index in [0.717, 1.165) is 70.8 Å². The molecule has 0 aliphatic carbocycles. The van der Waals surface area contributed by atoms with Crippen LogP contribution >= 0.6 is 0 Å². The fourth-order valence-corrected chi connectivity index (χ4v) is 11.3. The molecule has 0 aromatic heterocycles. The van der Waals surface area contributed by atoms with Crippen molar-refractivity contribution in [3.05, 3.63) is 48.6 Å². The van der Waals surface area contributed by atoms with Crippen molar-refractivity contribution in [1.29, 1.82) is 0 Å². The fourth-order valence-electron chi connectivity index (χ4n) is 11.3. The molecule has 0 aromatic carbocycles. The Morgan fingerprint density at radius 3 is 1.12 bits per heavy atom. The molecule has 0 saturated heterocycles. The average Bonchev–Trinajstić information content (AvgIpc) is 3.50. The van der Waals surface area contributed by atoms with Gasteiger partial charge in [0.2, 0.25) is 0 Å². The number of esters is 1. The summed E-state index contributed by atoms with van der Waals surface area (Å²) < 4.78 is 24.6. The lowest BCUT2D eigenvalue weighted by molar-refractivity contribution is -0.155. The van der Waals surface area contributed by atoms with E-state index in [1.165, 1.54) is 270 Å². The molecule has 0 aliphatic heterocycles. The second-order valence-corrected chi connectivity index (χ2v) is 25.7. The number of alkyl carbamates (subject to hydrolysis) is 1. The highest BCUT2D eigenvalue weighted by Gasteiger charge is 2.25. The minimum Gasteiger partial charge on any atom is -0.461 e. The van der Waals surface area contributed by atoms with E-state index >= 15 is 0 Å². The van der Waals surface area contributed by atoms with Crippen molar-refractivity contribution in [3.63, 3.8) is 0 Å². The zero-order chi connectivity index (χ0) is 61.7. The van der Waals surface area contributed by atoms with Crippen LogP contribution in [0.2, 0.25) is 0 Å². The lowest BCUT2D eigenvalue weighted by Gasteiger charge is -2.26. The van der Waals surface area contributed by atoms with E-state index in [0.29, 0.717) is 26.2 Å². The van der Waals surface area contributed by atoms with Gasteiger partial charge in [0, 0.05) is 19.8 Å². The van der Waals surface area contributed by atoms with Gasteiger partial charge in [-0.15, -0.1) is 0 Å². The Labute approximate surface area is 530 Å². The van der Waals surface area contributed by atoms with Crippen molar-refractivity contribution in [3.8, 4) is 0 Å². The summed E-state index contributed by atoms with van der Waals surface area (Å²) in [5.74, 6) is -0.0991. The number of likely N-dealkylation sites (N-methyl/N-ethyl adjacent to an activating group) is 1. The highest BCUT2D eigenvalue weighted by molar-refractivity contribution is 5.75. The van der Waals surface area contributed by atoms with Gasteiger partial charge in [0.25, 0.3) is 0 Å². The first-order valence-corrected chi connectivity index (χ1v) is 37.5. The number of allylic oxidation sites excluding steroid dienone is 8. The van der Waals surface area contributed by atoms with Gasteiger partial charge >= 0.3 is 12.1 Å². The Bertz CT molecular complexity index is 1410. The second kappa shape index (κ2) is 70.7. The molecular weight excluding hydrogens is 1050 g/mol. The number of amides is 1. The monoisotopic (exact) mass is 1200 g/mol. The molecule has 8 heteroatoms. The highest BCUT2D eigenvalue weighted by Crippen LogP contribution is 2.21. The van der Waals surface area contributed by atoms with Crippen LogP contribution in [0.1, 0.15) is 368 Å². The van der Waals surface area contributed by atoms with Crippen molar-refractivity contribution in [2.24, 2.45) is 0 Å². The van der Waals surface area contributed by atoms with Crippen LogP contribution in [0.5, 0.6) is 0 Å². The van der Waals surface area contributed by atoms with E-state index < -0.39 is 6.09 Å². The van der Waals surface area contributed by atoms with E-state index in [1.54, 1.807) is 0 Å². The minimum atomic E-state index is -0.417. The predicted octanol–water partition coefficient (Wildman–Crippen LogP) is 23.9. The van der Waals surface area contributed by atoms with Crippen molar-refractivity contribution >= 4 is 12.1 Å². The van der Waals surface area contributed by atoms with Gasteiger partial charge < -0.3 is 24.3 Å². The van der Waals surface area contributed by atoms with Gasteiger partial charge in [-0.2, -0.15) is 0 Å². The Morgan fingerprint density at radius 2 is 0.706 bits per heavy atom. The van der Waals surface area contributed by atoms with E-state index in [1.807, 2.05) is 19.0 Å². The maximum absolute atomic E-state index is 13.9. The maximum atomic E-state index is 13.9. The number of nitrogens with zero attached hydrogens (tertiary/aromatic N) is 1. The first-order valence-electron chi connectivity index (χ1n) is 37.5. The second-order valence-electron chi connectivity index (χ2n) is 25.7. The van der Waals surface area contributed by atoms with Gasteiger partial charge in [0.05, 0.1) is 6.61 Å². The Kier molecular flexibility index (Phi) is 68.7. The van der Waals surface area contributed by atoms with E-state index in [2.05, 4.69) is 81.6 Å². The van der Waals surface area contributed by atoms with Crippen LogP contribution in [0.15, 0.2) is 48.6 Å². The molecule has 0 radical (unpaired) electrons. The van der Waals surface area contributed by atoms with Crippen molar-refractivity contribution < 1.29 is 28.5 Å². The number of carbonyl (C=O) groups excluding carboxylic acids is 2. The van der Waals surface area contributed by atoms with Crippen LogP contribution in [-0.2, 0) is 23.7 Å². The molecule has 0 aromatic rings. The Balaban J connectivity index is 4.99. The third-order valence-corrected chi connectivity index (χ3v) is 17.0. The molecule has 0 saturated carbocycles. The number of hydrogen-bond donors (Lipinski definition) is 1. The van der Waals surface area contributed by atoms with E-state index in [4.69, 9.17) is 18.9 Å². The minimum absolute atomic E-state index is 0.0276. The lowest BCUT2D eigenvalue weighted by atomic mass is 10.0. The quantitative estimate of drug-likeness (QED) is 0.0369. The number of carbonyl (C=O) groups is 2. The zero-order valence-corrected chi connectivity index (χ0v) is 57.8. The first kappa shape index (κ1) is 82.6. The average molecular weight is 1200 g/mol. The molecule has 2 atom stereocenters. The summed E-state index contributed by atoms with van der Waals surface area (Å²) in [6.45, 7) is 11.6. The van der Waals surface area contributed by atoms with Gasteiger partial charge in [-0.05, 0) is 136 Å². The van der Waals surface area contributed by atoms with Crippen LogP contribution in [0.25, 0.3) is 0 Å². The lowest BCUT2D eigenvalue weighted by Crippen LogP contribution is -2.39. The molecule has 0 spiro atoms. The third-order valence-electron chi connectivity index (χ3n) is 17.0. The summed E-state index contributed by atoms with van der Waals surface area (Å²) in [6.07, 6.45) is 83.3. The molecule has 0 fully saturated rings. The molecule has 500 valence electrons. The smallest absolute Gasteiger partial charge is 0.407 e. The summed E-state index contributed by atoms with van der Waals surface area (Å²) in [4.78, 5) is 28.9. The molecule has 0 aliphatic rings. The SMILES string of the molecule is CCCCC/C=C/C/C=C/CCCCCCCCC(CCCCCCCC/C=C/C/C=C/CCCCC)OC(=O)C(CCCCNC(=O)OCC(COCCCCCCCCCCCCCC)OCCCCCCCCCCCCCC)N(C)C. The van der Waals surface area contributed by atoms with Crippen LogP contribution in [0.3, 0.4) is 0 Å². The molecule has 1 amide bonds.